The Kier molecular flexibility index (Phi) is 4.78. The molecule has 0 atom stereocenters. The van der Waals surface area contributed by atoms with Gasteiger partial charge in [-0.05, 0) is 39.0 Å². The summed E-state index contributed by atoms with van der Waals surface area (Å²) in [4.78, 5) is 23.6. The molecule has 0 aliphatic rings. The maximum atomic E-state index is 12.0. The molecule has 0 saturated carbocycles. The monoisotopic (exact) mass is 285 g/mol. The van der Waals surface area contributed by atoms with Crippen molar-refractivity contribution in [2.75, 3.05) is 12.3 Å². The van der Waals surface area contributed by atoms with Gasteiger partial charge in [-0.1, -0.05) is 11.6 Å². The van der Waals surface area contributed by atoms with E-state index in [9.17, 15) is 9.59 Å². The van der Waals surface area contributed by atoms with Gasteiger partial charge in [0.25, 0.3) is 0 Å². The van der Waals surface area contributed by atoms with Crippen LogP contribution in [0.5, 0.6) is 0 Å². The van der Waals surface area contributed by atoms with Crippen LogP contribution in [0.1, 0.15) is 31.1 Å². The third-order valence-electron chi connectivity index (χ3n) is 2.33. The summed E-state index contributed by atoms with van der Waals surface area (Å²) in [5.41, 5.74) is 4.68. The number of carbonyl (C=O) groups excluding carboxylic acids is 2. The van der Waals surface area contributed by atoms with Crippen LogP contribution in [0.2, 0.25) is 5.02 Å². The van der Waals surface area contributed by atoms with Crippen molar-refractivity contribution in [3.63, 3.8) is 0 Å². The van der Waals surface area contributed by atoms with Crippen LogP contribution in [0.4, 0.5) is 5.69 Å². The fourth-order valence-corrected chi connectivity index (χ4v) is 1.53. The van der Waals surface area contributed by atoms with E-state index in [0.717, 1.165) is 0 Å². The molecule has 0 unspecified atom stereocenters. The van der Waals surface area contributed by atoms with Crippen molar-refractivity contribution in [1.82, 2.24) is 0 Å². The third kappa shape index (κ3) is 3.86. The number of esters is 2. The van der Waals surface area contributed by atoms with Crippen LogP contribution in [0.25, 0.3) is 0 Å². The smallest absolute Gasteiger partial charge is 0.350 e. The zero-order valence-corrected chi connectivity index (χ0v) is 11.8. The first-order valence-electron chi connectivity index (χ1n) is 5.73. The van der Waals surface area contributed by atoms with Crippen LogP contribution in [0, 0.1) is 0 Å². The zero-order chi connectivity index (χ0) is 14.6. The molecule has 0 saturated heterocycles. The number of rotatable bonds is 4. The van der Waals surface area contributed by atoms with Crippen LogP contribution < -0.4 is 5.73 Å². The highest BCUT2D eigenvalue weighted by molar-refractivity contribution is 6.33. The lowest BCUT2D eigenvalue weighted by molar-refractivity contribution is -0.161. The first kappa shape index (κ1) is 15.3. The van der Waals surface area contributed by atoms with E-state index in [-0.39, 0.29) is 17.2 Å². The summed E-state index contributed by atoms with van der Waals surface area (Å²) in [6, 6.07) is 4.45. The molecular formula is C13H16ClNO4. The van der Waals surface area contributed by atoms with Gasteiger partial charge in [0.15, 0.2) is 0 Å². The summed E-state index contributed by atoms with van der Waals surface area (Å²) in [7, 11) is 0. The van der Waals surface area contributed by atoms with E-state index in [1.165, 1.54) is 26.0 Å². The van der Waals surface area contributed by atoms with Crippen molar-refractivity contribution < 1.29 is 19.1 Å². The summed E-state index contributed by atoms with van der Waals surface area (Å²) in [6.07, 6.45) is 0. The molecule has 0 spiro atoms. The minimum absolute atomic E-state index is 0.110. The van der Waals surface area contributed by atoms with E-state index in [1.807, 2.05) is 0 Å². The molecule has 0 radical (unpaired) electrons. The summed E-state index contributed by atoms with van der Waals surface area (Å²) in [5.74, 6) is -1.35. The molecule has 104 valence electrons. The highest BCUT2D eigenvalue weighted by atomic mass is 35.5. The average Bonchev–Trinajstić information content (AvgIpc) is 2.32. The Morgan fingerprint density at radius 3 is 2.58 bits per heavy atom. The van der Waals surface area contributed by atoms with Gasteiger partial charge >= 0.3 is 11.9 Å². The molecule has 1 aromatic rings. The first-order chi connectivity index (χ1) is 8.77. The minimum Gasteiger partial charge on any atom is -0.463 e. The van der Waals surface area contributed by atoms with Gasteiger partial charge in [0.05, 0.1) is 17.2 Å². The van der Waals surface area contributed by atoms with Gasteiger partial charge in [0, 0.05) is 5.69 Å². The van der Waals surface area contributed by atoms with Crippen molar-refractivity contribution in [2.45, 2.75) is 26.4 Å². The fourth-order valence-electron chi connectivity index (χ4n) is 1.33. The first-order valence-corrected chi connectivity index (χ1v) is 6.11. The number of benzene rings is 1. The van der Waals surface area contributed by atoms with Gasteiger partial charge in [-0.2, -0.15) is 0 Å². The highest BCUT2D eigenvalue weighted by Gasteiger charge is 2.34. The van der Waals surface area contributed by atoms with Crippen molar-refractivity contribution >= 4 is 29.2 Å². The Morgan fingerprint density at radius 1 is 1.37 bits per heavy atom. The van der Waals surface area contributed by atoms with E-state index in [2.05, 4.69) is 0 Å². The number of ether oxygens (including phenoxy) is 2. The van der Waals surface area contributed by atoms with Crippen LogP contribution in [-0.2, 0) is 14.3 Å². The number of nitrogen functional groups attached to an aromatic ring is 1. The van der Waals surface area contributed by atoms with E-state index in [0.29, 0.717) is 5.69 Å². The molecule has 0 amide bonds. The maximum Gasteiger partial charge on any atom is 0.350 e. The number of halogens is 1. The number of anilines is 1. The van der Waals surface area contributed by atoms with E-state index in [1.54, 1.807) is 13.0 Å². The molecular weight excluding hydrogens is 270 g/mol. The van der Waals surface area contributed by atoms with E-state index in [4.69, 9.17) is 26.8 Å². The molecule has 0 fully saturated rings. The quantitative estimate of drug-likeness (QED) is 0.679. The van der Waals surface area contributed by atoms with Crippen molar-refractivity contribution in [3.05, 3.63) is 28.8 Å². The fraction of sp³-hybridized carbons (Fsp3) is 0.385. The van der Waals surface area contributed by atoms with Crippen LogP contribution in [-0.4, -0.2) is 24.1 Å². The molecule has 2 N–H and O–H groups in total. The Balaban J connectivity index is 2.90. The topological polar surface area (TPSA) is 78.6 Å². The summed E-state index contributed by atoms with van der Waals surface area (Å²) in [6.45, 7) is 4.77. The van der Waals surface area contributed by atoms with E-state index < -0.39 is 17.5 Å². The van der Waals surface area contributed by atoms with Gasteiger partial charge in [-0.15, -0.1) is 0 Å². The van der Waals surface area contributed by atoms with Gasteiger partial charge in [-0.25, -0.2) is 9.59 Å². The Labute approximate surface area is 116 Å². The average molecular weight is 286 g/mol. The Morgan fingerprint density at radius 2 is 2.00 bits per heavy atom. The summed E-state index contributed by atoms with van der Waals surface area (Å²) in [5, 5.41) is 0.207. The SMILES string of the molecule is CCOC(=O)C(C)(C)OC(=O)c1cc(N)ccc1Cl. The second kappa shape index (κ2) is 5.93. The maximum absolute atomic E-state index is 12.0. The number of hydrogen-bond acceptors (Lipinski definition) is 5. The summed E-state index contributed by atoms with van der Waals surface area (Å²) < 4.78 is 9.94. The highest BCUT2D eigenvalue weighted by Crippen LogP contribution is 2.22. The van der Waals surface area contributed by atoms with Gasteiger partial charge < -0.3 is 15.2 Å². The zero-order valence-electron chi connectivity index (χ0n) is 11.0. The normalized spacial score (nSPS) is 10.9. The lowest BCUT2D eigenvalue weighted by Crippen LogP contribution is -2.38. The molecule has 5 nitrogen and oxygen atoms in total. The van der Waals surface area contributed by atoms with Crippen LogP contribution in [0.3, 0.4) is 0 Å². The lowest BCUT2D eigenvalue weighted by Gasteiger charge is -2.23. The Hall–Kier alpha value is -1.75. The lowest BCUT2D eigenvalue weighted by atomic mass is 10.1. The van der Waals surface area contributed by atoms with E-state index >= 15 is 0 Å². The van der Waals surface area contributed by atoms with Gasteiger partial charge in [0.1, 0.15) is 0 Å². The van der Waals surface area contributed by atoms with Gasteiger partial charge in [-0.3, -0.25) is 0 Å². The third-order valence-corrected chi connectivity index (χ3v) is 2.65. The van der Waals surface area contributed by atoms with Crippen molar-refractivity contribution in [3.8, 4) is 0 Å². The molecule has 6 heteroatoms. The van der Waals surface area contributed by atoms with Crippen LogP contribution >= 0.6 is 11.6 Å². The van der Waals surface area contributed by atoms with Crippen LogP contribution in [0.15, 0.2) is 18.2 Å². The predicted molar refractivity (Wildman–Crippen MR) is 72.0 cm³/mol. The molecule has 0 heterocycles. The Bertz CT molecular complexity index is 499. The number of carbonyl (C=O) groups is 2. The van der Waals surface area contributed by atoms with Crippen molar-refractivity contribution in [2.24, 2.45) is 0 Å². The molecule has 0 aliphatic heterocycles. The van der Waals surface area contributed by atoms with Crippen molar-refractivity contribution in [1.29, 1.82) is 0 Å². The number of hydrogen-bond donors (Lipinski definition) is 1. The largest absolute Gasteiger partial charge is 0.463 e. The molecule has 0 aromatic heterocycles. The molecule has 1 aromatic carbocycles. The second-order valence-electron chi connectivity index (χ2n) is 4.36. The number of nitrogens with two attached hydrogens (primary N) is 1. The van der Waals surface area contributed by atoms with Gasteiger partial charge in [0.2, 0.25) is 5.60 Å². The standard InChI is InChI=1S/C13H16ClNO4/c1-4-18-12(17)13(2,3)19-11(16)9-7-8(15)5-6-10(9)14/h5-7H,4,15H2,1-3H3. The molecule has 0 bridgehead atoms. The summed E-state index contributed by atoms with van der Waals surface area (Å²) >= 11 is 5.89. The minimum atomic E-state index is -1.39. The second-order valence-corrected chi connectivity index (χ2v) is 4.77. The molecule has 19 heavy (non-hydrogen) atoms. The molecule has 1 rings (SSSR count). The molecule has 0 aliphatic carbocycles. The predicted octanol–water partition coefficient (Wildman–Crippen LogP) is 2.42.